The molecule has 1 aromatic carbocycles. The van der Waals surface area contributed by atoms with Gasteiger partial charge in [0.1, 0.15) is 24.2 Å². The second kappa shape index (κ2) is 11.2. The Morgan fingerprint density at radius 3 is 2.13 bits per heavy atom. The first-order valence-electron chi connectivity index (χ1n) is 9.72. The highest BCUT2D eigenvalue weighted by molar-refractivity contribution is 5.97. The van der Waals surface area contributed by atoms with E-state index in [4.69, 9.17) is 4.74 Å². The fourth-order valence-corrected chi connectivity index (χ4v) is 2.66. The predicted octanol–water partition coefficient (Wildman–Crippen LogP) is 1.67. The van der Waals surface area contributed by atoms with Crippen molar-refractivity contribution in [3.63, 3.8) is 0 Å². The molecule has 0 aromatic heterocycles. The van der Waals surface area contributed by atoms with Gasteiger partial charge in [-0.25, -0.2) is 4.79 Å². The van der Waals surface area contributed by atoms with Crippen LogP contribution >= 0.6 is 0 Å². The van der Waals surface area contributed by atoms with Crippen LogP contribution in [-0.2, 0) is 25.5 Å². The molecule has 0 aliphatic heterocycles. The Labute approximate surface area is 176 Å². The molecule has 0 bridgehead atoms. The van der Waals surface area contributed by atoms with E-state index in [2.05, 4.69) is 16.0 Å². The van der Waals surface area contributed by atoms with Gasteiger partial charge < -0.3 is 25.8 Å². The third-order valence-corrected chi connectivity index (χ3v) is 3.94. The van der Waals surface area contributed by atoms with Gasteiger partial charge in [0.25, 0.3) is 0 Å². The maximum atomic E-state index is 12.5. The molecule has 1 unspecified atom stereocenters. The summed E-state index contributed by atoms with van der Waals surface area (Å²) in [6, 6.07) is 9.10. The van der Waals surface area contributed by atoms with Gasteiger partial charge in [-0.1, -0.05) is 44.2 Å². The summed E-state index contributed by atoms with van der Waals surface area (Å²) in [5.41, 5.74) is 0.132. The molecular weight excluding hydrogens is 390 g/mol. The van der Waals surface area contributed by atoms with Crippen molar-refractivity contribution in [2.75, 3.05) is 6.54 Å². The summed E-state index contributed by atoms with van der Waals surface area (Å²) in [4.78, 5) is 47.9. The summed E-state index contributed by atoms with van der Waals surface area (Å²) in [6.45, 7) is 8.01. The number of alkyl carbamates (subject to hydrolysis) is 1. The first-order valence-corrected chi connectivity index (χ1v) is 9.72. The zero-order chi connectivity index (χ0) is 22.9. The standard InChI is InChI=1S/C21H31N3O6/c1-13(2)17(19(27)28)18(26)24-15(11-14-9-7-6-8-10-14)23-16(25)12-22-20(29)30-21(3,4)5/h6-10,13,15,17H,11-12H2,1-5H3,(H,22,29)(H,23,25)(H,24,26)(H,27,28)/t15-,17?/m1/s1. The molecule has 3 amide bonds. The van der Waals surface area contributed by atoms with Crippen LogP contribution in [0.4, 0.5) is 4.79 Å². The Morgan fingerprint density at radius 2 is 1.63 bits per heavy atom. The van der Waals surface area contributed by atoms with E-state index in [9.17, 15) is 24.3 Å². The van der Waals surface area contributed by atoms with Gasteiger partial charge in [-0.3, -0.25) is 14.4 Å². The Balaban J connectivity index is 2.80. The lowest BCUT2D eigenvalue weighted by Gasteiger charge is -2.24. The molecule has 9 heteroatoms. The van der Waals surface area contributed by atoms with Gasteiger partial charge in [-0.05, 0) is 32.3 Å². The molecule has 30 heavy (non-hydrogen) atoms. The van der Waals surface area contributed by atoms with Crippen molar-refractivity contribution < 1.29 is 29.0 Å². The number of benzene rings is 1. The first-order chi connectivity index (χ1) is 13.9. The van der Waals surface area contributed by atoms with Crippen molar-refractivity contribution in [1.82, 2.24) is 16.0 Å². The summed E-state index contributed by atoms with van der Waals surface area (Å²) in [5.74, 6) is -4.17. The lowest BCUT2D eigenvalue weighted by atomic mass is 9.95. The number of ether oxygens (including phenoxy) is 1. The number of carboxylic acids is 1. The fourth-order valence-electron chi connectivity index (χ4n) is 2.66. The molecule has 0 fully saturated rings. The molecule has 1 aromatic rings. The van der Waals surface area contributed by atoms with Gasteiger partial charge in [0, 0.05) is 6.42 Å². The molecule has 0 heterocycles. The summed E-state index contributed by atoms with van der Waals surface area (Å²) in [7, 11) is 0. The number of amides is 3. The van der Waals surface area contributed by atoms with E-state index in [1.807, 2.05) is 30.3 Å². The number of hydrogen-bond acceptors (Lipinski definition) is 5. The molecule has 4 N–H and O–H groups in total. The highest BCUT2D eigenvalue weighted by Crippen LogP contribution is 2.12. The highest BCUT2D eigenvalue weighted by Gasteiger charge is 2.31. The molecule has 9 nitrogen and oxygen atoms in total. The quantitative estimate of drug-likeness (QED) is 0.354. The number of carbonyl (C=O) groups is 4. The molecule has 0 aliphatic carbocycles. The van der Waals surface area contributed by atoms with Crippen LogP contribution in [0, 0.1) is 11.8 Å². The molecule has 2 atom stereocenters. The van der Waals surface area contributed by atoms with Crippen LogP contribution in [0.2, 0.25) is 0 Å². The average molecular weight is 421 g/mol. The van der Waals surface area contributed by atoms with E-state index in [-0.39, 0.29) is 13.0 Å². The van der Waals surface area contributed by atoms with Crippen LogP contribution in [0.1, 0.15) is 40.2 Å². The Morgan fingerprint density at radius 1 is 1.03 bits per heavy atom. The molecule has 1 rings (SSSR count). The van der Waals surface area contributed by atoms with E-state index in [1.54, 1.807) is 34.6 Å². The smallest absolute Gasteiger partial charge is 0.408 e. The first kappa shape index (κ1) is 24.9. The van der Waals surface area contributed by atoms with Crippen LogP contribution in [0.25, 0.3) is 0 Å². The van der Waals surface area contributed by atoms with Crippen LogP contribution in [0.15, 0.2) is 30.3 Å². The van der Waals surface area contributed by atoms with Crippen molar-refractivity contribution in [3.05, 3.63) is 35.9 Å². The van der Waals surface area contributed by atoms with Crippen LogP contribution in [0.5, 0.6) is 0 Å². The molecular formula is C21H31N3O6. The minimum absolute atomic E-state index is 0.245. The molecule has 0 saturated heterocycles. The number of rotatable bonds is 9. The van der Waals surface area contributed by atoms with E-state index in [0.717, 1.165) is 5.56 Å². The third-order valence-electron chi connectivity index (χ3n) is 3.94. The van der Waals surface area contributed by atoms with E-state index in [1.165, 1.54) is 0 Å². The Bertz CT molecular complexity index is 743. The lowest BCUT2D eigenvalue weighted by Crippen LogP contribution is -2.54. The maximum absolute atomic E-state index is 12.5. The minimum atomic E-state index is -1.25. The second-order valence-electron chi connectivity index (χ2n) is 8.23. The van der Waals surface area contributed by atoms with Crippen molar-refractivity contribution in [1.29, 1.82) is 0 Å². The van der Waals surface area contributed by atoms with Crippen LogP contribution in [-0.4, -0.2) is 47.3 Å². The molecule has 0 saturated carbocycles. The molecule has 0 radical (unpaired) electrons. The highest BCUT2D eigenvalue weighted by atomic mass is 16.6. The van der Waals surface area contributed by atoms with Gasteiger partial charge in [0.05, 0.1) is 0 Å². The van der Waals surface area contributed by atoms with Crippen LogP contribution in [0.3, 0.4) is 0 Å². The lowest BCUT2D eigenvalue weighted by molar-refractivity contribution is -0.149. The van der Waals surface area contributed by atoms with Crippen molar-refractivity contribution in [3.8, 4) is 0 Å². The van der Waals surface area contributed by atoms with Gasteiger partial charge in [0.2, 0.25) is 11.8 Å². The Hall–Kier alpha value is -3.10. The SMILES string of the molecule is CC(C)C(C(=O)O)C(=O)N[C@H](Cc1ccccc1)NC(=O)CNC(=O)OC(C)(C)C. The number of carboxylic acid groups (broad SMARTS) is 1. The fraction of sp³-hybridized carbons (Fsp3) is 0.524. The number of nitrogens with one attached hydrogen (secondary N) is 3. The van der Waals surface area contributed by atoms with Crippen molar-refractivity contribution >= 4 is 23.9 Å². The van der Waals surface area contributed by atoms with Crippen LogP contribution < -0.4 is 16.0 Å². The second-order valence-corrected chi connectivity index (χ2v) is 8.23. The third kappa shape index (κ3) is 9.40. The van der Waals surface area contributed by atoms with Gasteiger partial charge >= 0.3 is 12.1 Å². The van der Waals surface area contributed by atoms with E-state index < -0.39 is 47.5 Å². The average Bonchev–Trinajstić information content (AvgIpc) is 2.58. The zero-order valence-corrected chi connectivity index (χ0v) is 18.0. The molecule has 0 aliphatic rings. The minimum Gasteiger partial charge on any atom is -0.481 e. The van der Waals surface area contributed by atoms with Crippen molar-refractivity contribution in [2.45, 2.75) is 52.8 Å². The summed E-state index contributed by atoms with van der Waals surface area (Å²) >= 11 is 0. The van der Waals surface area contributed by atoms with E-state index >= 15 is 0 Å². The monoisotopic (exact) mass is 421 g/mol. The van der Waals surface area contributed by atoms with Gasteiger partial charge in [-0.2, -0.15) is 0 Å². The van der Waals surface area contributed by atoms with Crippen molar-refractivity contribution in [2.24, 2.45) is 11.8 Å². The summed E-state index contributed by atoms with van der Waals surface area (Å²) < 4.78 is 5.07. The normalized spacial score (nSPS) is 13.1. The maximum Gasteiger partial charge on any atom is 0.408 e. The number of hydrogen-bond donors (Lipinski definition) is 4. The topological polar surface area (TPSA) is 134 Å². The predicted molar refractivity (Wildman–Crippen MR) is 110 cm³/mol. The largest absolute Gasteiger partial charge is 0.481 e. The van der Waals surface area contributed by atoms with E-state index in [0.29, 0.717) is 0 Å². The zero-order valence-electron chi connectivity index (χ0n) is 18.0. The summed E-state index contributed by atoms with van der Waals surface area (Å²) in [5, 5.41) is 16.9. The van der Waals surface area contributed by atoms with Gasteiger partial charge in [-0.15, -0.1) is 0 Å². The molecule has 0 spiro atoms. The Kier molecular flexibility index (Phi) is 9.29. The molecule has 166 valence electrons. The number of aliphatic carboxylic acids is 1. The van der Waals surface area contributed by atoms with Gasteiger partial charge in [0.15, 0.2) is 0 Å². The number of carbonyl (C=O) groups excluding carboxylic acids is 3. The summed E-state index contributed by atoms with van der Waals surface area (Å²) in [6.07, 6.45) is -1.35.